The van der Waals surface area contributed by atoms with E-state index in [4.69, 9.17) is 28.8 Å². The molecule has 0 aliphatic carbocycles. The molecule has 0 atom stereocenters. The zero-order valence-corrected chi connectivity index (χ0v) is 27.1. The minimum atomic E-state index is -4.37. The molecule has 40 heavy (non-hydrogen) atoms. The second-order valence-corrected chi connectivity index (χ2v) is 21.1. The Bertz CT molecular complexity index is 1150. The van der Waals surface area contributed by atoms with Crippen LogP contribution in [0.5, 0.6) is 23.0 Å². The zero-order valence-electron chi connectivity index (χ0n) is 23.6. The Balaban J connectivity index is 0.00000141. The summed E-state index contributed by atoms with van der Waals surface area (Å²) in [5.41, 5.74) is 0. The van der Waals surface area contributed by atoms with E-state index in [0.717, 1.165) is 23.0 Å². The van der Waals surface area contributed by atoms with E-state index in [-0.39, 0.29) is 6.47 Å². The number of para-hydroxylation sites is 4. The summed E-state index contributed by atoms with van der Waals surface area (Å²) in [7, 11) is 0. The first kappa shape index (κ1) is 31.0. The normalized spacial score (nSPS) is 10.6. The predicted octanol–water partition coefficient (Wildman–Crippen LogP) is 4.36. The van der Waals surface area contributed by atoms with Crippen molar-refractivity contribution < 1.29 is 28.8 Å². The van der Waals surface area contributed by atoms with Crippen molar-refractivity contribution in [1.29, 1.82) is 0 Å². The number of carbonyl (C=O) groups is 1. The molecule has 4 rings (SSSR count). The van der Waals surface area contributed by atoms with Crippen molar-refractivity contribution in [2.45, 2.75) is 27.7 Å². The van der Waals surface area contributed by atoms with Gasteiger partial charge in [0.25, 0.3) is 6.47 Å². The Hall–Kier alpha value is -3.57. The van der Waals surface area contributed by atoms with E-state index in [2.05, 4.69) is 72.8 Å². The molecule has 0 spiro atoms. The Kier molecular flexibility index (Phi) is 12.3. The van der Waals surface area contributed by atoms with Crippen molar-refractivity contribution in [3.8, 4) is 23.0 Å². The molecule has 211 valence electrons. The molecule has 1 radical (unpaired) electrons. The molecule has 0 saturated carbocycles. The molecule has 0 heterocycles. The maximum atomic E-state index is 8.36. The standard InChI is InChI=1S/4C8H9O.CH2O2.Bi/c4*1-2-9-8-6-4-3-5-7-8;2-1-3;/h4*3-6H,2H2,1H3;1H,(H,2,3);. The summed E-state index contributed by atoms with van der Waals surface area (Å²) in [4.78, 5) is 8.36. The van der Waals surface area contributed by atoms with Gasteiger partial charge in [-0.15, -0.1) is 0 Å². The maximum Gasteiger partial charge on any atom is 0.290 e. The molecule has 0 amide bonds. The fourth-order valence-corrected chi connectivity index (χ4v) is 23.0. The van der Waals surface area contributed by atoms with Crippen molar-refractivity contribution in [3.63, 3.8) is 0 Å². The van der Waals surface area contributed by atoms with Gasteiger partial charge in [0, 0.05) is 0 Å². The van der Waals surface area contributed by atoms with Gasteiger partial charge in [0.2, 0.25) is 0 Å². The SMILES string of the molecule is CCOc1cccc[c]1[Bi]([c]1ccccc1OCC)([c]1ccccc1OCC)[c]1ccccc1OCC.O=CO. The summed E-state index contributed by atoms with van der Waals surface area (Å²) >= 11 is -4.37. The molecule has 4 aromatic rings. The quantitative estimate of drug-likeness (QED) is 0.172. The summed E-state index contributed by atoms with van der Waals surface area (Å²) in [5.74, 6) is 3.58. The van der Waals surface area contributed by atoms with Gasteiger partial charge in [0.1, 0.15) is 0 Å². The molecule has 7 heteroatoms. The smallest absolute Gasteiger partial charge is 0.290 e. The van der Waals surface area contributed by atoms with Crippen LogP contribution in [0.3, 0.4) is 0 Å². The first-order valence-electron chi connectivity index (χ1n) is 13.5. The average molecular weight is 740 g/mol. The number of hydrogen-bond donors (Lipinski definition) is 1. The molecule has 6 nitrogen and oxygen atoms in total. The van der Waals surface area contributed by atoms with E-state index in [1.54, 1.807) is 0 Å². The summed E-state index contributed by atoms with van der Waals surface area (Å²) in [6.45, 7) is 10.2. The summed E-state index contributed by atoms with van der Waals surface area (Å²) in [6.07, 6.45) is 0. The topological polar surface area (TPSA) is 74.2 Å². The maximum absolute atomic E-state index is 8.36. The molecule has 0 aromatic heterocycles. The van der Waals surface area contributed by atoms with Crippen molar-refractivity contribution in [2.24, 2.45) is 0 Å². The van der Waals surface area contributed by atoms with Gasteiger partial charge in [-0.1, -0.05) is 0 Å². The predicted molar refractivity (Wildman–Crippen MR) is 163 cm³/mol. The van der Waals surface area contributed by atoms with Gasteiger partial charge in [-0.3, -0.25) is 4.79 Å². The minimum absolute atomic E-state index is 0.250. The van der Waals surface area contributed by atoms with Gasteiger partial charge in [-0.2, -0.15) is 0 Å². The van der Waals surface area contributed by atoms with E-state index in [9.17, 15) is 0 Å². The molecule has 0 aliphatic rings. The van der Waals surface area contributed by atoms with Crippen LogP contribution in [-0.2, 0) is 4.79 Å². The largest absolute Gasteiger partial charge is 0.483 e. The zero-order chi connectivity index (χ0) is 28.8. The van der Waals surface area contributed by atoms with E-state index in [0.29, 0.717) is 26.4 Å². The molecular weight excluding hydrogens is 701 g/mol. The Morgan fingerprint density at radius 1 is 0.500 bits per heavy atom. The van der Waals surface area contributed by atoms with E-state index >= 15 is 0 Å². The van der Waals surface area contributed by atoms with Crippen molar-refractivity contribution >= 4 is 39.8 Å². The molecule has 4 aromatic carbocycles. The molecule has 1 N–H and O–H groups in total. The van der Waals surface area contributed by atoms with E-state index in [1.165, 1.54) is 13.1 Å². The average Bonchev–Trinajstić information content (AvgIpc) is 2.98. The van der Waals surface area contributed by atoms with Gasteiger partial charge in [0.15, 0.2) is 0 Å². The Morgan fingerprint density at radius 2 is 0.700 bits per heavy atom. The van der Waals surface area contributed by atoms with Crippen LogP contribution in [0.2, 0.25) is 0 Å². The minimum Gasteiger partial charge on any atom is -0.483 e. The number of carboxylic acid groups (broad SMARTS) is 1. The third-order valence-electron chi connectivity index (χ3n) is 6.11. The molecule has 0 bridgehead atoms. The van der Waals surface area contributed by atoms with Gasteiger partial charge in [-0.05, 0) is 0 Å². The number of rotatable bonds is 12. The summed E-state index contributed by atoms with van der Waals surface area (Å²) in [5, 5.41) is 6.89. The second-order valence-electron chi connectivity index (χ2n) is 8.38. The van der Waals surface area contributed by atoms with Crippen LogP contribution in [-0.4, -0.2) is 58.3 Å². The van der Waals surface area contributed by atoms with Crippen molar-refractivity contribution in [3.05, 3.63) is 97.1 Å². The van der Waals surface area contributed by atoms with Crippen LogP contribution in [0.15, 0.2) is 97.1 Å². The third kappa shape index (κ3) is 6.59. The van der Waals surface area contributed by atoms with Crippen LogP contribution < -0.4 is 32.0 Å². The Morgan fingerprint density at radius 3 is 0.900 bits per heavy atom. The third-order valence-corrected chi connectivity index (χ3v) is 23.1. The summed E-state index contributed by atoms with van der Waals surface area (Å²) < 4.78 is 30.2. The van der Waals surface area contributed by atoms with E-state index in [1.807, 2.05) is 52.0 Å². The van der Waals surface area contributed by atoms with Crippen LogP contribution in [0.1, 0.15) is 27.7 Å². The Labute approximate surface area is 241 Å². The van der Waals surface area contributed by atoms with Crippen molar-refractivity contribution in [1.82, 2.24) is 0 Å². The van der Waals surface area contributed by atoms with Crippen molar-refractivity contribution in [2.75, 3.05) is 26.4 Å². The number of benzene rings is 4. The fraction of sp³-hybridized carbons (Fsp3) is 0.242. The van der Waals surface area contributed by atoms with E-state index < -0.39 is 20.3 Å². The summed E-state index contributed by atoms with van der Waals surface area (Å²) in [6, 6.07) is 33.9. The van der Waals surface area contributed by atoms with Crippen LogP contribution in [0.25, 0.3) is 0 Å². The van der Waals surface area contributed by atoms with Crippen LogP contribution in [0, 0.1) is 0 Å². The molecule has 0 saturated heterocycles. The monoisotopic (exact) mass is 739 g/mol. The molecule has 0 fully saturated rings. The second kappa shape index (κ2) is 15.9. The van der Waals surface area contributed by atoms with Crippen LogP contribution in [0.4, 0.5) is 0 Å². The first-order valence-corrected chi connectivity index (χ1v) is 20.5. The van der Waals surface area contributed by atoms with Gasteiger partial charge < -0.3 is 5.11 Å². The van der Waals surface area contributed by atoms with Gasteiger partial charge in [0.05, 0.1) is 0 Å². The van der Waals surface area contributed by atoms with Crippen LogP contribution >= 0.6 is 0 Å². The number of hydrogen-bond acceptors (Lipinski definition) is 5. The van der Waals surface area contributed by atoms with Gasteiger partial charge in [-0.25, -0.2) is 0 Å². The molecular formula is C33H38BiO6. The number of ether oxygens (including phenoxy) is 4. The molecule has 0 unspecified atom stereocenters. The first-order chi connectivity index (χ1) is 19.6. The fourth-order valence-electron chi connectivity index (χ4n) is 4.83. The molecule has 0 aliphatic heterocycles. The van der Waals surface area contributed by atoms with Gasteiger partial charge >= 0.3 is 226 Å².